The lowest BCUT2D eigenvalue weighted by molar-refractivity contribution is -0.00320. The van der Waals surface area contributed by atoms with Gasteiger partial charge in [0.1, 0.15) is 17.2 Å². The molecule has 0 aromatic carbocycles. The lowest BCUT2D eigenvalue weighted by atomic mass is 9.83. The third kappa shape index (κ3) is 3.14. The second kappa shape index (κ2) is 7.23. The molecule has 5 heterocycles. The molecule has 2 amide bonds. The van der Waals surface area contributed by atoms with Crippen LogP contribution in [0.3, 0.4) is 0 Å². The van der Waals surface area contributed by atoms with E-state index in [4.69, 9.17) is 4.74 Å². The van der Waals surface area contributed by atoms with Crippen molar-refractivity contribution in [2.45, 2.75) is 24.5 Å². The highest BCUT2D eigenvalue weighted by molar-refractivity contribution is 5.94. The molecule has 3 fully saturated rings. The number of hydrogen-bond acceptors (Lipinski definition) is 6. The number of carbonyl (C=O) groups excluding carboxylic acids is 2. The smallest absolute Gasteiger partial charge is 0.410 e. The van der Waals surface area contributed by atoms with Gasteiger partial charge in [0.15, 0.2) is 0 Å². The molecule has 5 rings (SSSR count). The highest BCUT2D eigenvalue weighted by Crippen LogP contribution is 2.41. The van der Waals surface area contributed by atoms with Gasteiger partial charge in [-0.2, -0.15) is 0 Å². The van der Waals surface area contributed by atoms with Crippen LogP contribution >= 0.6 is 0 Å². The van der Waals surface area contributed by atoms with Gasteiger partial charge < -0.3 is 14.5 Å². The van der Waals surface area contributed by atoms with Gasteiger partial charge >= 0.3 is 6.09 Å². The summed E-state index contributed by atoms with van der Waals surface area (Å²) >= 11 is 0. The van der Waals surface area contributed by atoms with E-state index in [1.165, 1.54) is 12.3 Å². The number of piperidine rings is 1. The Morgan fingerprint density at radius 1 is 1.10 bits per heavy atom. The van der Waals surface area contributed by atoms with Crippen LogP contribution < -0.4 is 4.90 Å². The Labute approximate surface area is 173 Å². The Bertz CT molecular complexity index is 947. The summed E-state index contributed by atoms with van der Waals surface area (Å²) < 4.78 is 19.1. The van der Waals surface area contributed by atoms with E-state index in [1.54, 1.807) is 40.4 Å². The molecule has 156 valence electrons. The number of rotatable bonds is 2. The Morgan fingerprint density at radius 2 is 1.87 bits per heavy atom. The Balaban J connectivity index is 1.32. The molecule has 0 N–H and O–H groups in total. The van der Waals surface area contributed by atoms with Gasteiger partial charge in [-0.05, 0) is 24.3 Å². The van der Waals surface area contributed by atoms with Gasteiger partial charge in [0.05, 0.1) is 12.2 Å². The van der Waals surface area contributed by atoms with Crippen molar-refractivity contribution in [3.63, 3.8) is 0 Å². The van der Waals surface area contributed by atoms with E-state index in [1.807, 2.05) is 0 Å². The summed E-state index contributed by atoms with van der Waals surface area (Å²) in [5, 5.41) is 0. The number of pyridine rings is 2. The number of carbonyl (C=O) groups is 2. The van der Waals surface area contributed by atoms with E-state index in [9.17, 15) is 14.0 Å². The quantitative estimate of drug-likeness (QED) is 0.752. The van der Waals surface area contributed by atoms with Crippen molar-refractivity contribution in [2.75, 3.05) is 37.6 Å². The van der Waals surface area contributed by atoms with Crippen LogP contribution in [-0.2, 0) is 4.74 Å². The van der Waals surface area contributed by atoms with Crippen molar-refractivity contribution >= 4 is 17.8 Å². The van der Waals surface area contributed by atoms with Crippen LogP contribution in [0.1, 0.15) is 23.2 Å². The van der Waals surface area contributed by atoms with Crippen LogP contribution in [0.5, 0.6) is 0 Å². The van der Waals surface area contributed by atoms with Crippen LogP contribution in [0.2, 0.25) is 0 Å². The first kappa shape index (κ1) is 18.8. The Morgan fingerprint density at radius 3 is 2.57 bits per heavy atom. The number of nitrogens with zero attached hydrogens (tertiary/aromatic N) is 5. The van der Waals surface area contributed by atoms with E-state index in [2.05, 4.69) is 14.9 Å². The van der Waals surface area contributed by atoms with Crippen LogP contribution in [-0.4, -0.2) is 76.1 Å². The normalized spacial score (nSPS) is 22.8. The molecular formula is C21H22FN5O3. The van der Waals surface area contributed by atoms with Crippen LogP contribution in [0.25, 0.3) is 0 Å². The van der Waals surface area contributed by atoms with E-state index < -0.39 is 5.60 Å². The minimum atomic E-state index is -0.620. The first-order valence-electron chi connectivity index (χ1n) is 10.1. The zero-order valence-electron chi connectivity index (χ0n) is 16.4. The number of ether oxygens (including phenoxy) is 1. The van der Waals surface area contributed by atoms with Crippen LogP contribution in [0.15, 0.2) is 42.9 Å². The zero-order chi connectivity index (χ0) is 20.7. The van der Waals surface area contributed by atoms with E-state index in [0.29, 0.717) is 56.9 Å². The van der Waals surface area contributed by atoms with Gasteiger partial charge in [0.25, 0.3) is 5.91 Å². The molecule has 3 saturated heterocycles. The Hall–Kier alpha value is -3.23. The molecule has 3 aliphatic rings. The maximum absolute atomic E-state index is 13.2. The summed E-state index contributed by atoms with van der Waals surface area (Å²) in [6.45, 7) is 2.69. The summed E-state index contributed by atoms with van der Waals surface area (Å²) in [6.07, 6.45) is 5.39. The molecule has 2 aromatic heterocycles. The van der Waals surface area contributed by atoms with Gasteiger partial charge in [-0.15, -0.1) is 0 Å². The van der Waals surface area contributed by atoms with Crippen molar-refractivity contribution in [2.24, 2.45) is 0 Å². The van der Waals surface area contributed by atoms with Gasteiger partial charge in [-0.25, -0.2) is 14.2 Å². The average molecular weight is 411 g/mol. The fraction of sp³-hybridized carbons (Fsp3) is 0.429. The highest BCUT2D eigenvalue weighted by Gasteiger charge is 2.57. The first-order chi connectivity index (χ1) is 14.6. The molecule has 2 aromatic rings. The number of amides is 2. The van der Waals surface area contributed by atoms with Crippen molar-refractivity contribution < 1.29 is 18.7 Å². The number of fused-ring (bicyclic) bond motifs is 2. The zero-order valence-corrected chi connectivity index (χ0v) is 16.4. The summed E-state index contributed by atoms with van der Waals surface area (Å²) in [5.41, 5.74) is -0.0277. The predicted octanol–water partition coefficient (Wildman–Crippen LogP) is 1.93. The van der Waals surface area contributed by atoms with Crippen molar-refractivity contribution in [1.82, 2.24) is 19.8 Å². The standard InChI is InChI=1S/C21H22FN5O3/c22-16-1-2-18(24-13-16)25-9-5-21(6-10-25)17-14-26(11-12-27(17)20(29)30-21)19(28)15-3-7-23-8-4-15/h1-4,7-8,13,17H,5-6,9-12,14H2. The summed E-state index contributed by atoms with van der Waals surface area (Å²) in [6, 6.07) is 6.29. The largest absolute Gasteiger partial charge is 0.440 e. The molecule has 0 aliphatic carbocycles. The fourth-order valence-corrected chi connectivity index (χ4v) is 4.72. The molecule has 8 nitrogen and oxygen atoms in total. The monoisotopic (exact) mass is 411 g/mol. The Kier molecular flexibility index (Phi) is 4.52. The molecule has 1 spiro atoms. The first-order valence-corrected chi connectivity index (χ1v) is 10.1. The number of hydrogen-bond donors (Lipinski definition) is 0. The third-order valence-corrected chi connectivity index (χ3v) is 6.37. The van der Waals surface area contributed by atoms with E-state index >= 15 is 0 Å². The van der Waals surface area contributed by atoms with Crippen molar-refractivity contribution in [3.05, 3.63) is 54.2 Å². The lowest BCUT2D eigenvalue weighted by Gasteiger charge is -2.45. The van der Waals surface area contributed by atoms with Crippen LogP contribution in [0, 0.1) is 5.82 Å². The number of aromatic nitrogens is 2. The molecule has 1 unspecified atom stereocenters. The molecule has 1 atom stereocenters. The van der Waals surface area contributed by atoms with Gasteiger partial charge in [-0.1, -0.05) is 0 Å². The van der Waals surface area contributed by atoms with Crippen LogP contribution in [0.4, 0.5) is 15.0 Å². The van der Waals surface area contributed by atoms with Gasteiger partial charge in [-0.3, -0.25) is 14.7 Å². The fourth-order valence-electron chi connectivity index (χ4n) is 4.72. The summed E-state index contributed by atoms with van der Waals surface area (Å²) in [4.78, 5) is 39.2. The predicted molar refractivity (Wildman–Crippen MR) is 105 cm³/mol. The minimum Gasteiger partial charge on any atom is -0.440 e. The topological polar surface area (TPSA) is 78.9 Å². The van der Waals surface area contributed by atoms with Crippen molar-refractivity contribution in [1.29, 1.82) is 0 Å². The molecule has 0 radical (unpaired) electrons. The average Bonchev–Trinajstić information content (AvgIpc) is 3.06. The number of halogens is 1. The van der Waals surface area contributed by atoms with Gasteiger partial charge in [0, 0.05) is 63.5 Å². The molecule has 0 bridgehead atoms. The second-order valence-electron chi connectivity index (χ2n) is 7.95. The molecule has 9 heteroatoms. The van der Waals surface area contributed by atoms with Gasteiger partial charge in [0.2, 0.25) is 0 Å². The third-order valence-electron chi connectivity index (χ3n) is 6.37. The summed E-state index contributed by atoms with van der Waals surface area (Å²) in [7, 11) is 0. The SMILES string of the molecule is O=C(c1ccncc1)N1CCN2C(=O)OC3(CCN(c4ccc(F)cn4)CC3)C2C1. The van der Waals surface area contributed by atoms with Crippen molar-refractivity contribution in [3.8, 4) is 0 Å². The lowest BCUT2D eigenvalue weighted by Crippen LogP contribution is -2.61. The number of anilines is 1. The minimum absolute atomic E-state index is 0.0560. The molecule has 3 aliphatic heterocycles. The van der Waals surface area contributed by atoms with E-state index in [-0.39, 0.29) is 23.9 Å². The molecule has 0 saturated carbocycles. The highest BCUT2D eigenvalue weighted by atomic mass is 19.1. The number of piperazine rings is 1. The summed E-state index contributed by atoms with van der Waals surface area (Å²) in [5.74, 6) is 0.291. The maximum atomic E-state index is 13.2. The molecular weight excluding hydrogens is 389 g/mol. The molecule has 30 heavy (non-hydrogen) atoms. The second-order valence-corrected chi connectivity index (χ2v) is 7.95. The van der Waals surface area contributed by atoms with E-state index in [0.717, 1.165) is 0 Å². The maximum Gasteiger partial charge on any atom is 0.410 e.